The molecule has 0 aliphatic heterocycles. The first-order valence-electron chi connectivity index (χ1n) is 9.57. The lowest BCUT2D eigenvalue weighted by molar-refractivity contribution is -0.119. The number of anilines is 1. The number of carbonyl (C=O) groups excluding carboxylic acids is 4. The van der Waals surface area contributed by atoms with Gasteiger partial charge in [-0.25, -0.2) is 19.1 Å². The summed E-state index contributed by atoms with van der Waals surface area (Å²) < 4.78 is 11.6. The number of fused-ring (bicyclic) bond motifs is 1. The van der Waals surface area contributed by atoms with E-state index in [1.165, 1.54) is 17.8 Å². The van der Waals surface area contributed by atoms with E-state index in [4.69, 9.17) is 9.47 Å². The van der Waals surface area contributed by atoms with E-state index in [0.29, 0.717) is 16.9 Å². The molecule has 12 heteroatoms. The zero-order valence-electron chi connectivity index (χ0n) is 17.8. The molecule has 0 radical (unpaired) electrons. The molecule has 0 atom stereocenters. The number of rotatable bonds is 7. The largest absolute Gasteiger partial charge is 0.462 e. The van der Waals surface area contributed by atoms with E-state index < -0.39 is 30.4 Å². The number of hydrogen-bond acceptors (Lipinski definition) is 9. The first kappa shape index (κ1) is 22.9. The van der Waals surface area contributed by atoms with Crippen molar-refractivity contribution in [1.29, 1.82) is 0 Å². The van der Waals surface area contributed by atoms with Gasteiger partial charge in [0.15, 0.2) is 12.3 Å². The summed E-state index contributed by atoms with van der Waals surface area (Å²) in [7, 11) is 1.46. The molecule has 3 rings (SSSR count). The van der Waals surface area contributed by atoms with Crippen LogP contribution < -0.4 is 10.6 Å². The minimum absolute atomic E-state index is 0.0813. The van der Waals surface area contributed by atoms with Crippen molar-refractivity contribution in [2.75, 3.05) is 25.6 Å². The summed E-state index contributed by atoms with van der Waals surface area (Å²) in [6, 6.07) is 1.67. The zero-order chi connectivity index (χ0) is 23.4. The van der Waals surface area contributed by atoms with Crippen LogP contribution in [0, 0.1) is 13.8 Å². The molecule has 0 saturated carbocycles. The standard InChI is InChI=1S/C20H21N5O6S/c1-5-30-19(28)13-10(2)15(17(27)21-4)32-18(13)23-12(26)9-31-20(29)14-11(3)24-25-8-6-7-22-16(14)25/h6-8H,5,9H2,1-4H3,(H,21,27)(H,23,26). The number of ether oxygens (including phenoxy) is 2. The molecule has 3 heterocycles. The van der Waals surface area contributed by atoms with Gasteiger partial charge in [-0.15, -0.1) is 11.3 Å². The fourth-order valence-electron chi connectivity index (χ4n) is 2.98. The van der Waals surface area contributed by atoms with Crippen LogP contribution in [0.1, 0.15) is 48.6 Å². The third-order valence-electron chi connectivity index (χ3n) is 4.42. The second-order valence-electron chi connectivity index (χ2n) is 6.53. The monoisotopic (exact) mass is 459 g/mol. The Morgan fingerprint density at radius 1 is 1.12 bits per heavy atom. The Bertz CT molecular complexity index is 1210. The quantitative estimate of drug-likeness (QED) is 0.509. The molecule has 0 bridgehead atoms. The number of aromatic nitrogens is 3. The Morgan fingerprint density at radius 3 is 2.53 bits per heavy atom. The van der Waals surface area contributed by atoms with Gasteiger partial charge in [-0.2, -0.15) is 5.10 Å². The number of aryl methyl sites for hydroxylation is 1. The zero-order valence-corrected chi connectivity index (χ0v) is 18.7. The SMILES string of the molecule is CCOC(=O)c1c(NC(=O)COC(=O)c2c(C)nn3cccnc23)sc(C(=O)NC)c1C. The van der Waals surface area contributed by atoms with Crippen molar-refractivity contribution >= 4 is 45.7 Å². The number of esters is 2. The van der Waals surface area contributed by atoms with Crippen LogP contribution >= 0.6 is 11.3 Å². The Kier molecular flexibility index (Phi) is 6.83. The maximum absolute atomic E-state index is 12.5. The summed E-state index contributed by atoms with van der Waals surface area (Å²) in [6.07, 6.45) is 3.15. The summed E-state index contributed by atoms with van der Waals surface area (Å²) in [5, 5.41) is 9.33. The van der Waals surface area contributed by atoms with E-state index in [-0.39, 0.29) is 27.6 Å². The third-order valence-corrected chi connectivity index (χ3v) is 5.63. The number of hydrogen-bond donors (Lipinski definition) is 2. The summed E-state index contributed by atoms with van der Waals surface area (Å²) in [5.41, 5.74) is 1.33. The molecular weight excluding hydrogens is 438 g/mol. The minimum atomic E-state index is -0.759. The molecule has 3 aromatic heterocycles. The molecule has 2 N–H and O–H groups in total. The van der Waals surface area contributed by atoms with Crippen LogP contribution in [-0.4, -0.2) is 58.6 Å². The lowest BCUT2D eigenvalue weighted by Crippen LogP contribution is -2.22. The van der Waals surface area contributed by atoms with Crippen LogP contribution in [0.5, 0.6) is 0 Å². The number of thiophene rings is 1. The van der Waals surface area contributed by atoms with Crippen molar-refractivity contribution in [3.05, 3.63) is 45.7 Å². The van der Waals surface area contributed by atoms with Gasteiger partial charge in [-0.05, 0) is 32.4 Å². The van der Waals surface area contributed by atoms with Gasteiger partial charge in [0.2, 0.25) is 0 Å². The van der Waals surface area contributed by atoms with Crippen molar-refractivity contribution in [2.24, 2.45) is 0 Å². The van der Waals surface area contributed by atoms with Gasteiger partial charge in [0.1, 0.15) is 10.6 Å². The first-order chi connectivity index (χ1) is 15.3. The molecule has 11 nitrogen and oxygen atoms in total. The molecule has 32 heavy (non-hydrogen) atoms. The number of carbonyl (C=O) groups is 4. The van der Waals surface area contributed by atoms with Crippen molar-refractivity contribution in [3.63, 3.8) is 0 Å². The van der Waals surface area contributed by atoms with Crippen LogP contribution in [-0.2, 0) is 14.3 Å². The van der Waals surface area contributed by atoms with Gasteiger partial charge in [0, 0.05) is 19.4 Å². The maximum atomic E-state index is 12.5. The van der Waals surface area contributed by atoms with Crippen LogP contribution in [0.2, 0.25) is 0 Å². The Morgan fingerprint density at radius 2 is 1.84 bits per heavy atom. The average Bonchev–Trinajstić information content (AvgIpc) is 3.27. The fraction of sp³-hybridized carbons (Fsp3) is 0.300. The Hall–Kier alpha value is -3.80. The molecule has 0 aliphatic carbocycles. The first-order valence-corrected chi connectivity index (χ1v) is 10.4. The fourth-order valence-corrected chi connectivity index (χ4v) is 4.14. The van der Waals surface area contributed by atoms with Gasteiger partial charge < -0.3 is 20.1 Å². The molecule has 3 aromatic rings. The van der Waals surface area contributed by atoms with Crippen LogP contribution in [0.15, 0.2) is 18.5 Å². The van der Waals surface area contributed by atoms with E-state index >= 15 is 0 Å². The van der Waals surface area contributed by atoms with Gasteiger partial charge in [-0.1, -0.05) is 0 Å². The minimum Gasteiger partial charge on any atom is -0.462 e. The Labute approximate surface area is 186 Å². The van der Waals surface area contributed by atoms with Gasteiger partial charge in [-0.3, -0.25) is 9.59 Å². The van der Waals surface area contributed by atoms with Gasteiger partial charge in [0.05, 0.1) is 22.7 Å². The molecule has 0 spiro atoms. The number of nitrogens with zero attached hydrogens (tertiary/aromatic N) is 3. The summed E-state index contributed by atoms with van der Waals surface area (Å²) >= 11 is 0.929. The lowest BCUT2D eigenvalue weighted by atomic mass is 10.1. The molecule has 0 fully saturated rings. The second-order valence-corrected chi connectivity index (χ2v) is 7.55. The maximum Gasteiger partial charge on any atom is 0.344 e. The average molecular weight is 459 g/mol. The lowest BCUT2D eigenvalue weighted by Gasteiger charge is -2.08. The van der Waals surface area contributed by atoms with Gasteiger partial charge in [0.25, 0.3) is 11.8 Å². The highest BCUT2D eigenvalue weighted by atomic mass is 32.1. The predicted molar refractivity (Wildman–Crippen MR) is 115 cm³/mol. The molecule has 2 amide bonds. The van der Waals surface area contributed by atoms with Crippen LogP contribution in [0.25, 0.3) is 5.65 Å². The van der Waals surface area contributed by atoms with E-state index in [1.807, 2.05) is 0 Å². The van der Waals surface area contributed by atoms with Crippen LogP contribution in [0.4, 0.5) is 5.00 Å². The molecule has 0 aromatic carbocycles. The smallest absolute Gasteiger partial charge is 0.344 e. The Balaban J connectivity index is 1.77. The van der Waals surface area contributed by atoms with E-state index in [2.05, 4.69) is 20.7 Å². The highest BCUT2D eigenvalue weighted by Gasteiger charge is 2.27. The molecule has 0 saturated heterocycles. The topological polar surface area (TPSA) is 141 Å². The third kappa shape index (κ3) is 4.44. The molecular formula is C20H21N5O6S. The molecule has 0 unspecified atom stereocenters. The molecule has 168 valence electrons. The highest BCUT2D eigenvalue weighted by Crippen LogP contribution is 2.33. The number of nitrogens with one attached hydrogen (secondary N) is 2. The number of amides is 2. The predicted octanol–water partition coefficient (Wildman–Crippen LogP) is 1.74. The van der Waals surface area contributed by atoms with E-state index in [1.54, 1.807) is 33.0 Å². The van der Waals surface area contributed by atoms with Crippen molar-refractivity contribution in [2.45, 2.75) is 20.8 Å². The molecule has 0 aliphatic rings. The van der Waals surface area contributed by atoms with E-state index in [9.17, 15) is 19.2 Å². The normalized spacial score (nSPS) is 10.6. The van der Waals surface area contributed by atoms with Crippen molar-refractivity contribution in [3.8, 4) is 0 Å². The summed E-state index contributed by atoms with van der Waals surface area (Å²) in [4.78, 5) is 53.8. The van der Waals surface area contributed by atoms with Crippen LogP contribution in [0.3, 0.4) is 0 Å². The van der Waals surface area contributed by atoms with Gasteiger partial charge >= 0.3 is 11.9 Å². The van der Waals surface area contributed by atoms with E-state index in [0.717, 1.165) is 11.3 Å². The van der Waals surface area contributed by atoms with Crippen molar-refractivity contribution < 1.29 is 28.7 Å². The summed E-state index contributed by atoms with van der Waals surface area (Å²) in [6.45, 7) is 4.38. The summed E-state index contributed by atoms with van der Waals surface area (Å²) in [5.74, 6) is -2.51. The highest BCUT2D eigenvalue weighted by molar-refractivity contribution is 7.18. The van der Waals surface area contributed by atoms with Crippen molar-refractivity contribution in [1.82, 2.24) is 19.9 Å². The second kappa shape index (κ2) is 9.56.